The van der Waals surface area contributed by atoms with Crippen molar-refractivity contribution >= 4 is 47.4 Å². The first-order valence-corrected chi connectivity index (χ1v) is 9.95. The second-order valence-electron chi connectivity index (χ2n) is 7.09. The lowest BCUT2D eigenvalue weighted by Crippen LogP contribution is -2.45. The van der Waals surface area contributed by atoms with Gasteiger partial charge in [-0.3, -0.25) is 4.99 Å². The van der Waals surface area contributed by atoms with Gasteiger partial charge in [-0.25, -0.2) is 4.98 Å². The summed E-state index contributed by atoms with van der Waals surface area (Å²) in [6, 6.07) is 11.9. The summed E-state index contributed by atoms with van der Waals surface area (Å²) in [5.41, 5.74) is 2.25. The summed E-state index contributed by atoms with van der Waals surface area (Å²) < 4.78 is 5.79. The quantitative estimate of drug-likeness (QED) is 0.350. The van der Waals surface area contributed by atoms with Crippen LogP contribution in [-0.4, -0.2) is 43.3 Å². The number of rotatable bonds is 5. The summed E-state index contributed by atoms with van der Waals surface area (Å²) in [5, 5.41) is 7.36. The highest BCUT2D eigenvalue weighted by Crippen LogP contribution is 2.18. The van der Waals surface area contributed by atoms with E-state index in [9.17, 15) is 0 Å². The highest BCUT2D eigenvalue weighted by molar-refractivity contribution is 14.0. The standard InChI is InChI=1S/C21H28ClN5O.HI/c1-15-13-27(14-16(2)28-15)20-9-6-18(11-24-20)12-26-21(23-3)25-10-17-4-7-19(22)8-5-17;/h4-9,11,15-16H,10,12-14H2,1-3H3,(H2,23,25,26);1H. The molecule has 1 aromatic carbocycles. The van der Waals surface area contributed by atoms with Gasteiger partial charge in [-0.05, 0) is 43.2 Å². The number of pyridine rings is 1. The third kappa shape index (κ3) is 7.31. The van der Waals surface area contributed by atoms with Gasteiger partial charge in [-0.15, -0.1) is 24.0 Å². The molecule has 2 unspecified atom stereocenters. The Morgan fingerprint density at radius 3 is 2.21 bits per heavy atom. The number of nitrogens with zero attached hydrogens (tertiary/aromatic N) is 3. The molecule has 1 fully saturated rings. The molecule has 1 saturated heterocycles. The Balaban J connectivity index is 0.00000300. The van der Waals surface area contributed by atoms with E-state index in [1.807, 2.05) is 30.5 Å². The molecule has 0 bridgehead atoms. The average molecular weight is 530 g/mol. The van der Waals surface area contributed by atoms with Gasteiger partial charge in [0.15, 0.2) is 5.96 Å². The Morgan fingerprint density at radius 2 is 1.66 bits per heavy atom. The van der Waals surface area contributed by atoms with Crippen molar-refractivity contribution in [3.05, 3.63) is 58.7 Å². The van der Waals surface area contributed by atoms with E-state index in [-0.39, 0.29) is 36.2 Å². The molecule has 1 aliphatic heterocycles. The van der Waals surface area contributed by atoms with Crippen LogP contribution in [0.3, 0.4) is 0 Å². The zero-order chi connectivity index (χ0) is 19.9. The van der Waals surface area contributed by atoms with Gasteiger partial charge in [0, 0.05) is 44.4 Å². The molecule has 29 heavy (non-hydrogen) atoms. The number of ether oxygens (including phenoxy) is 1. The van der Waals surface area contributed by atoms with Crippen molar-refractivity contribution in [3.63, 3.8) is 0 Å². The number of hydrogen-bond acceptors (Lipinski definition) is 4. The fourth-order valence-electron chi connectivity index (χ4n) is 3.27. The maximum Gasteiger partial charge on any atom is 0.191 e. The first-order chi connectivity index (χ1) is 13.5. The van der Waals surface area contributed by atoms with Gasteiger partial charge in [-0.2, -0.15) is 0 Å². The fourth-order valence-corrected chi connectivity index (χ4v) is 3.39. The molecular weight excluding hydrogens is 501 g/mol. The molecule has 0 spiro atoms. The molecule has 0 radical (unpaired) electrons. The highest BCUT2D eigenvalue weighted by Gasteiger charge is 2.22. The Kier molecular flexibility index (Phi) is 9.45. The lowest BCUT2D eigenvalue weighted by molar-refractivity contribution is -0.00545. The van der Waals surface area contributed by atoms with Gasteiger partial charge in [0.1, 0.15) is 5.82 Å². The van der Waals surface area contributed by atoms with Gasteiger partial charge in [0.25, 0.3) is 0 Å². The normalized spacial score (nSPS) is 19.4. The van der Waals surface area contributed by atoms with Gasteiger partial charge in [0.2, 0.25) is 0 Å². The SMILES string of the molecule is CN=C(NCc1ccc(Cl)cc1)NCc1ccc(N2CC(C)OC(C)C2)nc1.I. The Morgan fingerprint density at radius 1 is 1.07 bits per heavy atom. The Bertz CT molecular complexity index is 775. The highest BCUT2D eigenvalue weighted by atomic mass is 127. The molecule has 1 aromatic heterocycles. The van der Waals surface area contributed by atoms with Crippen LogP contribution in [0.1, 0.15) is 25.0 Å². The number of nitrogens with one attached hydrogen (secondary N) is 2. The summed E-state index contributed by atoms with van der Waals surface area (Å²) in [5.74, 6) is 1.74. The lowest BCUT2D eigenvalue weighted by Gasteiger charge is -2.36. The Hall–Kier alpha value is -1.58. The number of aliphatic imine (C=N–C) groups is 1. The van der Waals surface area contributed by atoms with Gasteiger partial charge in [-0.1, -0.05) is 29.8 Å². The predicted molar refractivity (Wildman–Crippen MR) is 130 cm³/mol. The van der Waals surface area contributed by atoms with Crippen molar-refractivity contribution < 1.29 is 4.74 Å². The molecule has 2 heterocycles. The van der Waals surface area contributed by atoms with E-state index in [2.05, 4.69) is 51.5 Å². The van der Waals surface area contributed by atoms with Gasteiger partial charge < -0.3 is 20.3 Å². The number of aromatic nitrogens is 1. The molecular formula is C21H29ClIN5O. The molecule has 2 N–H and O–H groups in total. The van der Waals surface area contributed by atoms with Crippen LogP contribution in [-0.2, 0) is 17.8 Å². The zero-order valence-electron chi connectivity index (χ0n) is 17.1. The van der Waals surface area contributed by atoms with Gasteiger partial charge >= 0.3 is 0 Å². The van der Waals surface area contributed by atoms with Crippen molar-refractivity contribution in [2.24, 2.45) is 4.99 Å². The minimum atomic E-state index is 0. The summed E-state index contributed by atoms with van der Waals surface area (Å²) in [4.78, 5) is 11.2. The van der Waals surface area contributed by atoms with Crippen LogP contribution in [0.25, 0.3) is 0 Å². The summed E-state index contributed by atoms with van der Waals surface area (Å²) >= 11 is 5.92. The van der Waals surface area contributed by atoms with E-state index < -0.39 is 0 Å². The van der Waals surface area contributed by atoms with Crippen molar-refractivity contribution in [1.82, 2.24) is 15.6 Å². The Labute approximate surface area is 195 Å². The number of halogens is 2. The van der Waals surface area contributed by atoms with E-state index in [0.29, 0.717) is 13.1 Å². The first-order valence-electron chi connectivity index (χ1n) is 9.58. The largest absolute Gasteiger partial charge is 0.372 e. The third-order valence-corrected chi connectivity index (χ3v) is 4.86. The van der Waals surface area contributed by atoms with E-state index in [1.165, 1.54) is 0 Å². The molecule has 0 amide bonds. The van der Waals surface area contributed by atoms with Crippen LogP contribution in [0.4, 0.5) is 5.82 Å². The first kappa shape index (κ1) is 23.7. The molecule has 0 saturated carbocycles. The topological polar surface area (TPSA) is 61.8 Å². The maximum atomic E-state index is 5.92. The number of benzene rings is 1. The number of anilines is 1. The maximum absolute atomic E-state index is 5.92. The van der Waals surface area contributed by atoms with E-state index in [1.54, 1.807) is 7.05 Å². The van der Waals surface area contributed by atoms with Crippen LogP contribution < -0.4 is 15.5 Å². The van der Waals surface area contributed by atoms with E-state index in [0.717, 1.165) is 41.0 Å². The van der Waals surface area contributed by atoms with Crippen molar-refractivity contribution in [2.75, 3.05) is 25.0 Å². The molecule has 2 atom stereocenters. The fraction of sp³-hybridized carbons (Fsp3) is 0.429. The third-order valence-electron chi connectivity index (χ3n) is 4.61. The predicted octanol–water partition coefficient (Wildman–Crippen LogP) is 3.83. The van der Waals surface area contributed by atoms with Crippen LogP contribution in [0.5, 0.6) is 0 Å². The van der Waals surface area contributed by atoms with Crippen LogP contribution in [0, 0.1) is 0 Å². The smallest absolute Gasteiger partial charge is 0.191 e. The monoisotopic (exact) mass is 529 g/mol. The van der Waals surface area contributed by atoms with Crippen molar-refractivity contribution in [3.8, 4) is 0 Å². The molecule has 6 nitrogen and oxygen atoms in total. The van der Waals surface area contributed by atoms with Crippen LogP contribution in [0.2, 0.25) is 5.02 Å². The number of morpholine rings is 1. The minimum Gasteiger partial charge on any atom is -0.372 e. The summed E-state index contributed by atoms with van der Waals surface area (Å²) in [6.07, 6.45) is 2.36. The van der Waals surface area contributed by atoms with Gasteiger partial charge in [0.05, 0.1) is 12.2 Å². The van der Waals surface area contributed by atoms with Crippen LogP contribution >= 0.6 is 35.6 Å². The van der Waals surface area contributed by atoms with E-state index in [4.69, 9.17) is 16.3 Å². The zero-order valence-corrected chi connectivity index (χ0v) is 20.1. The van der Waals surface area contributed by atoms with Crippen LogP contribution in [0.15, 0.2) is 47.6 Å². The molecule has 8 heteroatoms. The van der Waals surface area contributed by atoms with E-state index >= 15 is 0 Å². The molecule has 2 aromatic rings. The minimum absolute atomic E-state index is 0. The summed E-state index contributed by atoms with van der Waals surface area (Å²) in [6.45, 7) is 7.28. The number of hydrogen-bond donors (Lipinski definition) is 2. The summed E-state index contributed by atoms with van der Waals surface area (Å²) in [7, 11) is 1.76. The molecule has 158 valence electrons. The lowest BCUT2D eigenvalue weighted by atomic mass is 10.2. The number of guanidine groups is 1. The molecule has 1 aliphatic rings. The van der Waals surface area contributed by atoms with Crippen molar-refractivity contribution in [1.29, 1.82) is 0 Å². The second-order valence-corrected chi connectivity index (χ2v) is 7.53. The average Bonchev–Trinajstić information content (AvgIpc) is 2.69. The second kappa shape index (κ2) is 11.6. The van der Waals surface area contributed by atoms with Crippen molar-refractivity contribution in [2.45, 2.75) is 39.1 Å². The molecule has 0 aliphatic carbocycles. The molecule has 3 rings (SSSR count).